The minimum atomic E-state index is -0.00740. The Morgan fingerprint density at radius 3 is 2.74 bits per heavy atom. The van der Waals surface area contributed by atoms with Crippen LogP contribution in [0, 0.1) is 12.8 Å². The van der Waals surface area contributed by atoms with E-state index in [-0.39, 0.29) is 5.91 Å². The molecule has 0 aliphatic heterocycles. The second kappa shape index (κ2) is 8.85. The summed E-state index contributed by atoms with van der Waals surface area (Å²) in [4.78, 5) is 17.1. The van der Waals surface area contributed by atoms with Crippen molar-refractivity contribution < 1.29 is 4.79 Å². The number of rotatable bonds is 8. The summed E-state index contributed by atoms with van der Waals surface area (Å²) >= 11 is 0. The van der Waals surface area contributed by atoms with E-state index in [9.17, 15) is 4.79 Å². The molecule has 2 aromatic carbocycles. The molecular weight excluding hydrogens is 334 g/mol. The van der Waals surface area contributed by atoms with Gasteiger partial charge in [-0.1, -0.05) is 43.7 Å². The third kappa shape index (κ3) is 4.97. The highest BCUT2D eigenvalue weighted by Crippen LogP contribution is 2.18. The summed E-state index contributed by atoms with van der Waals surface area (Å²) < 4.78 is 2.34. The predicted molar refractivity (Wildman–Crippen MR) is 111 cm³/mol. The van der Waals surface area contributed by atoms with Crippen LogP contribution in [0.3, 0.4) is 0 Å². The molecule has 0 saturated carbocycles. The van der Waals surface area contributed by atoms with Crippen LogP contribution in [0.5, 0.6) is 0 Å². The SMILES string of the molecule is Cc1cccc(C(=O)NCCCc2nc3ccccc3n2CCC(C)C)c1. The van der Waals surface area contributed by atoms with Gasteiger partial charge in [0.25, 0.3) is 5.91 Å². The summed E-state index contributed by atoms with van der Waals surface area (Å²) in [6.45, 7) is 8.14. The van der Waals surface area contributed by atoms with Crippen molar-refractivity contribution in [1.82, 2.24) is 14.9 Å². The number of imidazole rings is 1. The minimum absolute atomic E-state index is 0.00740. The Balaban J connectivity index is 1.61. The number of nitrogens with one attached hydrogen (secondary N) is 1. The molecule has 0 spiro atoms. The summed E-state index contributed by atoms with van der Waals surface area (Å²) in [7, 11) is 0. The number of para-hydroxylation sites is 2. The van der Waals surface area contributed by atoms with Crippen LogP contribution < -0.4 is 5.32 Å². The molecule has 0 atom stereocenters. The van der Waals surface area contributed by atoms with Crippen LogP contribution in [-0.4, -0.2) is 22.0 Å². The Labute approximate surface area is 161 Å². The Kier molecular flexibility index (Phi) is 6.28. The van der Waals surface area contributed by atoms with Crippen molar-refractivity contribution in [2.75, 3.05) is 6.54 Å². The van der Waals surface area contributed by atoms with Gasteiger partial charge in [-0.2, -0.15) is 0 Å². The minimum Gasteiger partial charge on any atom is -0.352 e. The molecule has 1 aromatic heterocycles. The number of benzene rings is 2. The van der Waals surface area contributed by atoms with E-state index in [1.165, 1.54) is 5.52 Å². The fourth-order valence-corrected chi connectivity index (χ4v) is 3.29. The van der Waals surface area contributed by atoms with Gasteiger partial charge in [0.05, 0.1) is 11.0 Å². The number of aromatic nitrogens is 2. The highest BCUT2D eigenvalue weighted by atomic mass is 16.1. The number of aryl methyl sites for hydroxylation is 3. The summed E-state index contributed by atoms with van der Waals surface area (Å²) in [5.41, 5.74) is 4.08. The van der Waals surface area contributed by atoms with Gasteiger partial charge >= 0.3 is 0 Å². The quantitative estimate of drug-likeness (QED) is 0.587. The van der Waals surface area contributed by atoms with Gasteiger partial charge in [-0.15, -0.1) is 0 Å². The monoisotopic (exact) mass is 363 g/mol. The van der Waals surface area contributed by atoms with Crippen molar-refractivity contribution in [3.63, 3.8) is 0 Å². The van der Waals surface area contributed by atoms with Crippen molar-refractivity contribution >= 4 is 16.9 Å². The van der Waals surface area contributed by atoms with Gasteiger partial charge in [0.2, 0.25) is 0 Å². The second-order valence-corrected chi connectivity index (χ2v) is 7.58. The maximum atomic E-state index is 12.3. The zero-order valence-electron chi connectivity index (χ0n) is 16.5. The van der Waals surface area contributed by atoms with Gasteiger partial charge < -0.3 is 9.88 Å². The van der Waals surface area contributed by atoms with E-state index < -0.39 is 0 Å². The zero-order chi connectivity index (χ0) is 19.2. The summed E-state index contributed by atoms with van der Waals surface area (Å²) in [6, 6.07) is 16.0. The van der Waals surface area contributed by atoms with Gasteiger partial charge in [-0.25, -0.2) is 4.98 Å². The summed E-state index contributed by atoms with van der Waals surface area (Å²) in [5, 5.41) is 3.02. The highest BCUT2D eigenvalue weighted by Gasteiger charge is 2.11. The maximum Gasteiger partial charge on any atom is 0.251 e. The molecule has 4 heteroatoms. The van der Waals surface area contributed by atoms with E-state index in [1.54, 1.807) is 0 Å². The van der Waals surface area contributed by atoms with Crippen molar-refractivity contribution in [2.24, 2.45) is 5.92 Å². The third-order valence-electron chi connectivity index (χ3n) is 4.81. The average Bonchev–Trinajstić information content (AvgIpc) is 3.00. The van der Waals surface area contributed by atoms with Crippen molar-refractivity contribution in [2.45, 2.75) is 46.6 Å². The normalized spacial score (nSPS) is 11.3. The fourth-order valence-electron chi connectivity index (χ4n) is 3.29. The van der Waals surface area contributed by atoms with Crippen LogP contribution in [0.1, 0.15) is 48.4 Å². The van der Waals surface area contributed by atoms with Gasteiger partial charge in [0.15, 0.2) is 0 Å². The number of hydrogen-bond donors (Lipinski definition) is 1. The first kappa shape index (κ1) is 19.2. The molecular formula is C23H29N3O. The lowest BCUT2D eigenvalue weighted by Gasteiger charge is -2.11. The molecule has 1 heterocycles. The largest absolute Gasteiger partial charge is 0.352 e. The molecule has 0 radical (unpaired) electrons. The molecule has 4 nitrogen and oxygen atoms in total. The molecule has 142 valence electrons. The molecule has 0 fully saturated rings. The first-order chi connectivity index (χ1) is 13.0. The van der Waals surface area contributed by atoms with Crippen LogP contribution in [0.15, 0.2) is 48.5 Å². The third-order valence-corrected chi connectivity index (χ3v) is 4.81. The van der Waals surface area contributed by atoms with Crippen molar-refractivity contribution in [1.29, 1.82) is 0 Å². The lowest BCUT2D eigenvalue weighted by Crippen LogP contribution is -2.25. The molecule has 1 amide bonds. The molecule has 0 aliphatic carbocycles. The van der Waals surface area contributed by atoms with Crippen LogP contribution >= 0.6 is 0 Å². The topological polar surface area (TPSA) is 46.9 Å². The number of nitrogens with zero attached hydrogens (tertiary/aromatic N) is 2. The van der Waals surface area contributed by atoms with E-state index in [2.05, 4.69) is 41.9 Å². The molecule has 0 unspecified atom stereocenters. The lowest BCUT2D eigenvalue weighted by atomic mass is 10.1. The van der Waals surface area contributed by atoms with Crippen molar-refractivity contribution in [3.05, 3.63) is 65.5 Å². The Bertz CT molecular complexity index is 911. The van der Waals surface area contributed by atoms with E-state index >= 15 is 0 Å². The van der Waals surface area contributed by atoms with Crippen LogP contribution in [-0.2, 0) is 13.0 Å². The van der Waals surface area contributed by atoms with E-state index in [0.717, 1.165) is 48.3 Å². The molecule has 1 N–H and O–H groups in total. The van der Waals surface area contributed by atoms with Crippen LogP contribution in [0.4, 0.5) is 0 Å². The smallest absolute Gasteiger partial charge is 0.251 e. The first-order valence-corrected chi connectivity index (χ1v) is 9.83. The van der Waals surface area contributed by atoms with Gasteiger partial charge in [0, 0.05) is 25.1 Å². The fraction of sp³-hybridized carbons (Fsp3) is 0.391. The standard InChI is InChI=1S/C23H29N3O/c1-17(2)13-15-26-21-11-5-4-10-20(21)25-22(26)12-7-14-24-23(27)19-9-6-8-18(3)16-19/h4-6,8-11,16-17H,7,12-15H2,1-3H3,(H,24,27). The number of fused-ring (bicyclic) bond motifs is 1. The summed E-state index contributed by atoms with van der Waals surface area (Å²) in [6.07, 6.45) is 2.88. The average molecular weight is 364 g/mol. The van der Waals surface area contributed by atoms with E-state index in [1.807, 2.05) is 37.3 Å². The number of amides is 1. The van der Waals surface area contributed by atoms with E-state index in [4.69, 9.17) is 4.98 Å². The Hall–Kier alpha value is -2.62. The second-order valence-electron chi connectivity index (χ2n) is 7.58. The number of carbonyl (C=O) groups excluding carboxylic acids is 1. The molecule has 0 aliphatic rings. The molecule has 0 bridgehead atoms. The summed E-state index contributed by atoms with van der Waals surface area (Å²) in [5.74, 6) is 1.77. The zero-order valence-corrected chi connectivity index (χ0v) is 16.5. The highest BCUT2D eigenvalue weighted by molar-refractivity contribution is 5.94. The first-order valence-electron chi connectivity index (χ1n) is 9.83. The maximum absolute atomic E-state index is 12.3. The van der Waals surface area contributed by atoms with Gasteiger partial charge in [-0.3, -0.25) is 4.79 Å². The van der Waals surface area contributed by atoms with Crippen molar-refractivity contribution in [3.8, 4) is 0 Å². The number of hydrogen-bond acceptors (Lipinski definition) is 2. The predicted octanol–water partition coefficient (Wildman–Crippen LogP) is 4.75. The molecule has 3 rings (SSSR count). The van der Waals surface area contributed by atoms with Gasteiger partial charge in [-0.05, 0) is 49.9 Å². The molecule has 27 heavy (non-hydrogen) atoms. The Morgan fingerprint density at radius 1 is 1.15 bits per heavy atom. The number of carbonyl (C=O) groups is 1. The lowest BCUT2D eigenvalue weighted by molar-refractivity contribution is 0.0953. The Morgan fingerprint density at radius 2 is 1.96 bits per heavy atom. The van der Waals surface area contributed by atoms with Gasteiger partial charge in [0.1, 0.15) is 5.82 Å². The van der Waals surface area contributed by atoms with Crippen LogP contribution in [0.25, 0.3) is 11.0 Å². The molecule has 0 saturated heterocycles. The molecule has 3 aromatic rings. The van der Waals surface area contributed by atoms with Crippen LogP contribution in [0.2, 0.25) is 0 Å². The van der Waals surface area contributed by atoms with E-state index in [0.29, 0.717) is 12.5 Å².